The highest BCUT2D eigenvalue weighted by atomic mass is 35.5. The molecule has 0 bridgehead atoms. The van der Waals surface area contributed by atoms with Crippen molar-refractivity contribution in [2.45, 2.75) is 38.3 Å². The van der Waals surface area contributed by atoms with Gasteiger partial charge >= 0.3 is 5.92 Å². The van der Waals surface area contributed by atoms with Crippen molar-refractivity contribution in [1.29, 1.82) is 0 Å². The van der Waals surface area contributed by atoms with Gasteiger partial charge in [-0.05, 0) is 26.3 Å². The molecular formula is C12H17Cl2F2NO. The van der Waals surface area contributed by atoms with Crippen LogP contribution < -0.4 is 5.73 Å². The fourth-order valence-electron chi connectivity index (χ4n) is 1.47. The van der Waals surface area contributed by atoms with Crippen LogP contribution in [0.1, 0.15) is 37.9 Å². The van der Waals surface area contributed by atoms with E-state index in [-0.39, 0.29) is 17.4 Å². The largest absolute Gasteiger partial charge is 0.384 e. The lowest BCUT2D eigenvalue weighted by molar-refractivity contribution is -0.168. The normalized spacial score (nSPS) is 14.0. The molecule has 1 atom stereocenters. The van der Waals surface area contributed by atoms with Gasteiger partial charge in [-0.2, -0.15) is 8.78 Å². The Morgan fingerprint density at radius 2 is 1.83 bits per heavy atom. The molecule has 18 heavy (non-hydrogen) atoms. The summed E-state index contributed by atoms with van der Waals surface area (Å²) in [7, 11) is 0. The minimum Gasteiger partial charge on any atom is -0.384 e. The van der Waals surface area contributed by atoms with E-state index in [0.29, 0.717) is 5.56 Å². The summed E-state index contributed by atoms with van der Waals surface area (Å²) in [5.74, 6) is -3.44. The number of hydrogen-bond acceptors (Lipinski definition) is 2. The zero-order chi connectivity index (χ0) is 13.4. The Bertz CT molecular complexity index is 417. The van der Waals surface area contributed by atoms with Crippen LogP contribution in [-0.4, -0.2) is 10.7 Å². The van der Waals surface area contributed by atoms with Gasteiger partial charge in [-0.25, -0.2) is 0 Å². The van der Waals surface area contributed by atoms with Crippen molar-refractivity contribution in [1.82, 2.24) is 0 Å². The van der Waals surface area contributed by atoms with Gasteiger partial charge in [0.05, 0.1) is 5.02 Å². The molecule has 0 spiro atoms. The van der Waals surface area contributed by atoms with E-state index in [9.17, 15) is 13.9 Å². The molecule has 1 aromatic rings. The topological polar surface area (TPSA) is 46.2 Å². The second kappa shape index (κ2) is 5.70. The molecule has 3 N–H and O–H groups in total. The molecular weight excluding hydrogens is 283 g/mol. The minimum atomic E-state index is -3.44. The smallest absolute Gasteiger partial charge is 0.302 e. The summed E-state index contributed by atoms with van der Waals surface area (Å²) in [6.45, 7) is 3.75. The molecule has 1 aromatic carbocycles. The SMILES string of the molecule is C[C@@H](N)c1cccc(C(F)(F)C(C)(C)O)c1Cl.Cl. The fraction of sp³-hybridized carbons (Fsp3) is 0.500. The number of hydrogen-bond donors (Lipinski definition) is 2. The van der Waals surface area contributed by atoms with E-state index in [4.69, 9.17) is 17.3 Å². The van der Waals surface area contributed by atoms with Crippen LogP contribution in [0.2, 0.25) is 5.02 Å². The van der Waals surface area contributed by atoms with Gasteiger partial charge < -0.3 is 10.8 Å². The standard InChI is InChI=1S/C12H16ClF2NO.ClH/c1-7(16)8-5-4-6-9(10(8)13)12(14,15)11(2,3)17;/h4-7,17H,16H2,1-3H3;1H/t7-;/m1./s1. The molecule has 0 aliphatic rings. The molecule has 0 fully saturated rings. The number of nitrogens with two attached hydrogens (primary N) is 1. The number of alkyl halides is 2. The van der Waals surface area contributed by atoms with Gasteiger partial charge in [-0.3, -0.25) is 0 Å². The van der Waals surface area contributed by atoms with Gasteiger partial charge in [-0.1, -0.05) is 29.8 Å². The molecule has 104 valence electrons. The van der Waals surface area contributed by atoms with Crippen molar-refractivity contribution in [2.75, 3.05) is 0 Å². The molecule has 0 aliphatic carbocycles. The second-order valence-electron chi connectivity index (χ2n) is 4.63. The summed E-state index contributed by atoms with van der Waals surface area (Å²) in [4.78, 5) is 0. The fourth-order valence-corrected chi connectivity index (χ4v) is 1.89. The predicted molar refractivity (Wildman–Crippen MR) is 71.5 cm³/mol. The van der Waals surface area contributed by atoms with Crippen LogP contribution in [0.25, 0.3) is 0 Å². The third-order valence-electron chi connectivity index (χ3n) is 2.63. The van der Waals surface area contributed by atoms with E-state index in [1.807, 2.05) is 0 Å². The molecule has 2 nitrogen and oxygen atoms in total. The molecule has 0 aromatic heterocycles. The van der Waals surface area contributed by atoms with Crippen LogP contribution in [-0.2, 0) is 5.92 Å². The van der Waals surface area contributed by atoms with Gasteiger partial charge in [0.25, 0.3) is 0 Å². The van der Waals surface area contributed by atoms with Crippen LogP contribution in [0.5, 0.6) is 0 Å². The van der Waals surface area contributed by atoms with Crippen molar-refractivity contribution in [2.24, 2.45) is 5.73 Å². The van der Waals surface area contributed by atoms with Crippen molar-refractivity contribution < 1.29 is 13.9 Å². The summed E-state index contributed by atoms with van der Waals surface area (Å²) in [6.07, 6.45) is 0. The quantitative estimate of drug-likeness (QED) is 0.895. The van der Waals surface area contributed by atoms with E-state index >= 15 is 0 Å². The number of halogens is 4. The first-order chi connectivity index (χ1) is 7.59. The summed E-state index contributed by atoms with van der Waals surface area (Å²) in [5.41, 5.74) is 3.49. The van der Waals surface area contributed by atoms with Crippen molar-refractivity contribution in [3.63, 3.8) is 0 Å². The van der Waals surface area contributed by atoms with E-state index < -0.39 is 23.1 Å². The maximum atomic E-state index is 14.0. The van der Waals surface area contributed by atoms with Crippen LogP contribution in [0.3, 0.4) is 0 Å². The van der Waals surface area contributed by atoms with E-state index in [0.717, 1.165) is 13.8 Å². The first-order valence-electron chi connectivity index (χ1n) is 5.23. The third kappa shape index (κ3) is 3.12. The Morgan fingerprint density at radius 3 is 2.22 bits per heavy atom. The maximum Gasteiger partial charge on any atom is 0.302 e. The predicted octanol–water partition coefficient (Wildman–Crippen LogP) is 3.64. The van der Waals surface area contributed by atoms with Gasteiger partial charge in [0.1, 0.15) is 5.60 Å². The number of rotatable bonds is 3. The second-order valence-corrected chi connectivity index (χ2v) is 5.01. The van der Waals surface area contributed by atoms with Crippen LogP contribution >= 0.6 is 24.0 Å². The van der Waals surface area contributed by atoms with Gasteiger partial charge in [-0.15, -0.1) is 12.4 Å². The number of aliphatic hydroxyl groups is 1. The molecule has 0 saturated carbocycles. The lowest BCUT2D eigenvalue weighted by Crippen LogP contribution is -2.40. The summed E-state index contributed by atoms with van der Waals surface area (Å²) < 4.78 is 28.0. The molecule has 0 saturated heterocycles. The Kier molecular flexibility index (Phi) is 5.56. The number of benzene rings is 1. The third-order valence-corrected chi connectivity index (χ3v) is 3.05. The highest BCUT2D eigenvalue weighted by Gasteiger charge is 2.48. The summed E-state index contributed by atoms with van der Waals surface area (Å²) in [6, 6.07) is 3.81. The van der Waals surface area contributed by atoms with Crippen LogP contribution in [0, 0.1) is 0 Å². The first-order valence-corrected chi connectivity index (χ1v) is 5.61. The van der Waals surface area contributed by atoms with Gasteiger partial charge in [0.15, 0.2) is 0 Å². The lowest BCUT2D eigenvalue weighted by atomic mass is 9.91. The van der Waals surface area contributed by atoms with Gasteiger partial charge in [0.2, 0.25) is 0 Å². The van der Waals surface area contributed by atoms with Crippen molar-refractivity contribution in [3.05, 3.63) is 34.3 Å². The summed E-state index contributed by atoms with van der Waals surface area (Å²) in [5, 5.41) is 9.42. The lowest BCUT2D eigenvalue weighted by Gasteiger charge is -2.30. The zero-order valence-electron chi connectivity index (χ0n) is 10.4. The molecule has 0 radical (unpaired) electrons. The van der Waals surface area contributed by atoms with Crippen molar-refractivity contribution >= 4 is 24.0 Å². The van der Waals surface area contributed by atoms with Crippen molar-refractivity contribution in [3.8, 4) is 0 Å². The molecule has 0 amide bonds. The minimum absolute atomic E-state index is 0. The van der Waals surface area contributed by atoms with Gasteiger partial charge in [0, 0.05) is 11.6 Å². The highest BCUT2D eigenvalue weighted by Crippen LogP contribution is 2.43. The Balaban J connectivity index is 0.00000289. The van der Waals surface area contributed by atoms with E-state index in [1.54, 1.807) is 13.0 Å². The molecule has 0 heterocycles. The average Bonchev–Trinajstić information content (AvgIpc) is 2.15. The van der Waals surface area contributed by atoms with E-state index in [2.05, 4.69) is 0 Å². The molecule has 1 rings (SSSR count). The molecule has 6 heteroatoms. The molecule has 0 unspecified atom stereocenters. The van der Waals surface area contributed by atoms with Crippen LogP contribution in [0.15, 0.2) is 18.2 Å². The molecule has 0 aliphatic heterocycles. The first kappa shape index (κ1) is 17.6. The maximum absolute atomic E-state index is 14.0. The monoisotopic (exact) mass is 299 g/mol. The average molecular weight is 300 g/mol. The highest BCUT2D eigenvalue weighted by molar-refractivity contribution is 6.32. The van der Waals surface area contributed by atoms with Crippen LogP contribution in [0.4, 0.5) is 8.78 Å². The summed E-state index contributed by atoms with van der Waals surface area (Å²) >= 11 is 5.92. The zero-order valence-corrected chi connectivity index (χ0v) is 11.9. The Labute approximate surface area is 117 Å². The Hall–Kier alpha value is -0.420. The van der Waals surface area contributed by atoms with E-state index in [1.165, 1.54) is 12.1 Å². The Morgan fingerprint density at radius 1 is 1.33 bits per heavy atom.